The van der Waals surface area contributed by atoms with Gasteiger partial charge in [0.05, 0.1) is 28.4 Å². The number of fused-ring (bicyclic) bond motifs is 1. The van der Waals surface area contributed by atoms with E-state index in [1.54, 1.807) is 6.92 Å². The second-order valence-electron chi connectivity index (χ2n) is 5.82. The number of hydrogen-bond acceptors (Lipinski definition) is 4. The molecule has 1 aromatic carbocycles. The highest BCUT2D eigenvalue weighted by Crippen LogP contribution is 2.35. The third kappa shape index (κ3) is 3.34. The van der Waals surface area contributed by atoms with Gasteiger partial charge in [-0.3, -0.25) is 4.98 Å². The first-order valence-corrected chi connectivity index (χ1v) is 7.66. The minimum absolute atomic E-state index is 0. The number of carboxylic acids is 1. The molecule has 124 valence electrons. The van der Waals surface area contributed by atoms with Crippen LogP contribution in [0.15, 0.2) is 18.2 Å². The molecule has 1 aromatic heterocycles. The number of ether oxygens (including phenoxy) is 1. The summed E-state index contributed by atoms with van der Waals surface area (Å²) >= 11 is 0. The highest BCUT2D eigenvalue weighted by Gasteiger charge is 2.21. The molecule has 3 rings (SSSR count). The standard InChI is InChI=1S/C17H20N2O3.ClH/c1-10-14(17(20)21)16(18)15-12(19-10)8-5-9-13(15)22-11-6-3-2-4-7-11;/h5,8-9,11H,2-4,6-7H2,1H3,(H2,18,19)(H,20,21);1H. The van der Waals surface area contributed by atoms with Crippen LogP contribution in [0.1, 0.15) is 48.2 Å². The molecule has 0 atom stereocenters. The molecule has 6 heteroatoms. The van der Waals surface area contributed by atoms with E-state index in [9.17, 15) is 9.90 Å². The fourth-order valence-electron chi connectivity index (χ4n) is 3.17. The van der Waals surface area contributed by atoms with Crippen LogP contribution in [0.3, 0.4) is 0 Å². The largest absolute Gasteiger partial charge is 0.490 e. The third-order valence-corrected chi connectivity index (χ3v) is 4.25. The van der Waals surface area contributed by atoms with Crippen LogP contribution in [-0.2, 0) is 0 Å². The van der Waals surface area contributed by atoms with Crippen molar-refractivity contribution in [3.8, 4) is 5.75 Å². The molecule has 0 spiro atoms. The molecule has 1 heterocycles. The number of aromatic carboxylic acids is 1. The lowest BCUT2D eigenvalue weighted by Gasteiger charge is -2.24. The van der Waals surface area contributed by atoms with Crippen molar-refractivity contribution in [2.45, 2.75) is 45.1 Å². The number of aryl methyl sites for hydroxylation is 1. The van der Waals surface area contributed by atoms with E-state index in [0.717, 1.165) is 12.8 Å². The van der Waals surface area contributed by atoms with Crippen molar-refractivity contribution >= 4 is 35.0 Å². The maximum Gasteiger partial charge on any atom is 0.339 e. The van der Waals surface area contributed by atoms with Gasteiger partial charge in [0.25, 0.3) is 0 Å². The van der Waals surface area contributed by atoms with Crippen molar-refractivity contribution in [2.75, 3.05) is 5.73 Å². The average Bonchev–Trinajstić information content (AvgIpc) is 2.47. The second kappa shape index (κ2) is 7.04. The van der Waals surface area contributed by atoms with Crippen LogP contribution in [0.4, 0.5) is 5.69 Å². The first-order chi connectivity index (χ1) is 10.6. The summed E-state index contributed by atoms with van der Waals surface area (Å²) in [5.41, 5.74) is 7.52. The molecule has 2 aromatic rings. The zero-order valence-corrected chi connectivity index (χ0v) is 13.9. The SMILES string of the molecule is Cc1nc2cccc(OC3CCCCC3)c2c(N)c1C(=O)O.Cl. The van der Waals surface area contributed by atoms with E-state index in [4.69, 9.17) is 10.5 Å². The summed E-state index contributed by atoms with van der Waals surface area (Å²) in [4.78, 5) is 15.8. The number of carbonyl (C=O) groups is 1. The van der Waals surface area contributed by atoms with Gasteiger partial charge in [0, 0.05) is 0 Å². The minimum Gasteiger partial charge on any atom is -0.490 e. The highest BCUT2D eigenvalue weighted by molar-refractivity contribution is 6.06. The van der Waals surface area contributed by atoms with Crippen LogP contribution < -0.4 is 10.5 Å². The Bertz CT molecular complexity index is 727. The number of hydrogen-bond donors (Lipinski definition) is 2. The number of nitrogens with two attached hydrogens (primary N) is 1. The molecule has 1 aliphatic carbocycles. The summed E-state index contributed by atoms with van der Waals surface area (Å²) in [5.74, 6) is -0.422. The number of rotatable bonds is 3. The predicted octanol–water partition coefficient (Wildman–Crippen LogP) is 3.96. The summed E-state index contributed by atoms with van der Waals surface area (Å²) in [7, 11) is 0. The fourth-order valence-corrected chi connectivity index (χ4v) is 3.17. The van der Waals surface area contributed by atoms with E-state index in [-0.39, 0.29) is 29.8 Å². The maximum absolute atomic E-state index is 11.4. The predicted molar refractivity (Wildman–Crippen MR) is 92.6 cm³/mol. The Kier molecular flexibility index (Phi) is 5.31. The molecule has 23 heavy (non-hydrogen) atoms. The zero-order valence-electron chi connectivity index (χ0n) is 13.0. The summed E-state index contributed by atoms with van der Waals surface area (Å²) in [5, 5.41) is 9.96. The van der Waals surface area contributed by atoms with Gasteiger partial charge in [-0.1, -0.05) is 12.5 Å². The molecule has 0 amide bonds. The summed E-state index contributed by atoms with van der Waals surface area (Å²) in [6.07, 6.45) is 5.82. The molecule has 3 N–H and O–H groups in total. The summed E-state index contributed by atoms with van der Waals surface area (Å²) in [6.45, 7) is 1.66. The third-order valence-electron chi connectivity index (χ3n) is 4.25. The summed E-state index contributed by atoms with van der Waals surface area (Å²) < 4.78 is 6.11. The Balaban J connectivity index is 0.00000192. The summed E-state index contributed by atoms with van der Waals surface area (Å²) in [6, 6.07) is 5.54. The molecule has 1 saturated carbocycles. The Labute approximate surface area is 141 Å². The van der Waals surface area contributed by atoms with Gasteiger partial charge < -0.3 is 15.6 Å². The van der Waals surface area contributed by atoms with Gasteiger partial charge in [-0.05, 0) is 44.7 Å². The topological polar surface area (TPSA) is 85.4 Å². The highest BCUT2D eigenvalue weighted by atomic mass is 35.5. The second-order valence-corrected chi connectivity index (χ2v) is 5.82. The van der Waals surface area contributed by atoms with Crippen molar-refractivity contribution in [1.29, 1.82) is 0 Å². The van der Waals surface area contributed by atoms with E-state index in [0.29, 0.717) is 22.3 Å². The molecule has 0 unspecified atom stereocenters. The van der Waals surface area contributed by atoms with Gasteiger partial charge in [-0.2, -0.15) is 0 Å². The quantitative estimate of drug-likeness (QED) is 0.886. The lowest BCUT2D eigenvalue weighted by atomic mass is 9.97. The lowest BCUT2D eigenvalue weighted by molar-refractivity contribution is 0.0697. The van der Waals surface area contributed by atoms with E-state index in [1.165, 1.54) is 19.3 Å². The minimum atomic E-state index is -1.06. The number of benzene rings is 1. The van der Waals surface area contributed by atoms with Crippen molar-refractivity contribution in [1.82, 2.24) is 4.98 Å². The fraction of sp³-hybridized carbons (Fsp3) is 0.412. The molecular weight excluding hydrogens is 316 g/mol. The van der Waals surface area contributed by atoms with Crippen molar-refractivity contribution in [3.63, 3.8) is 0 Å². The number of nitrogen functional groups attached to an aromatic ring is 1. The van der Waals surface area contributed by atoms with Crippen molar-refractivity contribution in [3.05, 3.63) is 29.5 Å². The van der Waals surface area contributed by atoms with Gasteiger partial charge >= 0.3 is 5.97 Å². The van der Waals surface area contributed by atoms with Crippen molar-refractivity contribution in [2.24, 2.45) is 0 Å². The smallest absolute Gasteiger partial charge is 0.339 e. The van der Waals surface area contributed by atoms with Crippen LogP contribution in [0.5, 0.6) is 5.75 Å². The number of anilines is 1. The van der Waals surface area contributed by atoms with Crippen LogP contribution in [0.25, 0.3) is 10.9 Å². The molecule has 5 nitrogen and oxygen atoms in total. The Morgan fingerprint density at radius 3 is 2.65 bits per heavy atom. The van der Waals surface area contributed by atoms with Crippen LogP contribution in [0.2, 0.25) is 0 Å². The maximum atomic E-state index is 11.4. The van der Waals surface area contributed by atoms with Gasteiger partial charge in [-0.25, -0.2) is 4.79 Å². The number of nitrogens with zero attached hydrogens (tertiary/aromatic N) is 1. The first kappa shape index (κ1) is 17.3. The van der Waals surface area contributed by atoms with Gasteiger partial charge in [0.15, 0.2) is 0 Å². The number of aromatic nitrogens is 1. The van der Waals surface area contributed by atoms with Gasteiger partial charge in [0.1, 0.15) is 11.3 Å². The Hall–Kier alpha value is -2.01. The Morgan fingerprint density at radius 1 is 1.30 bits per heavy atom. The van der Waals surface area contributed by atoms with Gasteiger partial charge in [-0.15, -0.1) is 12.4 Å². The number of carboxylic acid groups (broad SMARTS) is 1. The molecule has 0 saturated heterocycles. The van der Waals surface area contributed by atoms with Crippen molar-refractivity contribution < 1.29 is 14.6 Å². The number of pyridine rings is 1. The van der Waals surface area contributed by atoms with Gasteiger partial charge in [0.2, 0.25) is 0 Å². The molecule has 1 fully saturated rings. The van der Waals surface area contributed by atoms with E-state index in [1.807, 2.05) is 18.2 Å². The normalized spacial score (nSPS) is 15.2. The molecule has 0 aliphatic heterocycles. The Morgan fingerprint density at radius 2 is 2.00 bits per heavy atom. The monoisotopic (exact) mass is 336 g/mol. The molecule has 0 radical (unpaired) electrons. The van der Waals surface area contributed by atoms with E-state index in [2.05, 4.69) is 4.98 Å². The van der Waals surface area contributed by atoms with Crippen LogP contribution in [-0.4, -0.2) is 22.2 Å². The number of halogens is 1. The zero-order chi connectivity index (χ0) is 15.7. The molecule has 0 bridgehead atoms. The van der Waals surface area contributed by atoms with Crippen LogP contribution in [0, 0.1) is 6.92 Å². The lowest BCUT2D eigenvalue weighted by Crippen LogP contribution is -2.20. The van der Waals surface area contributed by atoms with Crippen LogP contribution >= 0.6 is 12.4 Å². The molecule has 1 aliphatic rings. The molecular formula is C17H21ClN2O3. The average molecular weight is 337 g/mol. The first-order valence-electron chi connectivity index (χ1n) is 7.66. The van der Waals surface area contributed by atoms with E-state index >= 15 is 0 Å². The van der Waals surface area contributed by atoms with E-state index < -0.39 is 5.97 Å².